The fraction of sp³-hybridized carbons (Fsp3) is 0.227. The lowest BCUT2D eigenvalue weighted by Gasteiger charge is -2.20. The predicted octanol–water partition coefficient (Wildman–Crippen LogP) is 4.25. The van der Waals surface area contributed by atoms with Gasteiger partial charge in [-0.15, -0.1) is 0 Å². The van der Waals surface area contributed by atoms with Crippen LogP contribution in [0.2, 0.25) is 0 Å². The smallest absolute Gasteiger partial charge is 0.255 e. The number of amides is 1. The van der Waals surface area contributed by atoms with E-state index in [2.05, 4.69) is 36.6 Å². The monoisotopic (exact) mass is 346 g/mol. The van der Waals surface area contributed by atoms with Gasteiger partial charge in [-0.2, -0.15) is 0 Å². The van der Waals surface area contributed by atoms with Gasteiger partial charge in [0.2, 0.25) is 0 Å². The molecule has 1 unspecified atom stereocenters. The zero-order valence-corrected chi connectivity index (χ0v) is 15.3. The van der Waals surface area contributed by atoms with E-state index in [0.717, 1.165) is 34.0 Å². The molecular formula is C22H22N2O2. The zero-order valence-electron chi connectivity index (χ0n) is 15.3. The summed E-state index contributed by atoms with van der Waals surface area (Å²) in [6.07, 6.45) is 0. The van der Waals surface area contributed by atoms with Crippen molar-refractivity contribution in [3.8, 4) is 5.75 Å². The van der Waals surface area contributed by atoms with E-state index >= 15 is 0 Å². The van der Waals surface area contributed by atoms with Crippen molar-refractivity contribution in [1.29, 1.82) is 0 Å². The summed E-state index contributed by atoms with van der Waals surface area (Å²) in [7, 11) is 1.65. The zero-order chi connectivity index (χ0) is 18.3. The summed E-state index contributed by atoms with van der Waals surface area (Å²) in [4.78, 5) is 15.3. The molecule has 0 bridgehead atoms. The molecule has 1 aliphatic heterocycles. The van der Waals surface area contributed by atoms with Gasteiger partial charge in [0.1, 0.15) is 11.8 Å². The molecule has 1 aromatic heterocycles. The quantitative estimate of drug-likeness (QED) is 0.708. The largest absolute Gasteiger partial charge is 0.497 e. The normalized spacial score (nSPS) is 16.0. The van der Waals surface area contributed by atoms with Crippen molar-refractivity contribution in [3.05, 3.63) is 83.2 Å². The number of hydrogen-bond donors (Lipinski definition) is 0. The minimum absolute atomic E-state index is 0.115. The van der Waals surface area contributed by atoms with E-state index in [9.17, 15) is 4.79 Å². The Balaban J connectivity index is 1.73. The number of carbonyl (C=O) groups is 1. The van der Waals surface area contributed by atoms with E-state index < -0.39 is 0 Å². The Kier molecular flexibility index (Phi) is 4.03. The van der Waals surface area contributed by atoms with E-state index in [4.69, 9.17) is 4.74 Å². The molecule has 1 atom stereocenters. The fourth-order valence-corrected chi connectivity index (χ4v) is 3.78. The minimum Gasteiger partial charge on any atom is -0.497 e. The summed E-state index contributed by atoms with van der Waals surface area (Å²) < 4.78 is 7.36. The molecule has 2 aromatic carbocycles. The Morgan fingerprint density at radius 3 is 2.23 bits per heavy atom. The van der Waals surface area contributed by atoms with Crippen molar-refractivity contribution in [1.82, 2.24) is 4.57 Å². The molecule has 0 N–H and O–H groups in total. The van der Waals surface area contributed by atoms with Gasteiger partial charge < -0.3 is 14.2 Å². The third-order valence-corrected chi connectivity index (χ3v) is 5.11. The second-order valence-corrected chi connectivity index (χ2v) is 6.72. The number of carbonyl (C=O) groups excluding carboxylic acids is 1. The Morgan fingerprint density at radius 2 is 1.58 bits per heavy atom. The third kappa shape index (κ3) is 2.58. The Labute approximate surface area is 153 Å². The van der Waals surface area contributed by atoms with Crippen LogP contribution in [0, 0.1) is 13.8 Å². The molecule has 1 aliphatic rings. The van der Waals surface area contributed by atoms with Crippen molar-refractivity contribution in [3.63, 3.8) is 0 Å². The number of aryl methyl sites for hydroxylation is 2. The Bertz CT molecular complexity index is 937. The molecule has 26 heavy (non-hydrogen) atoms. The van der Waals surface area contributed by atoms with Crippen LogP contribution < -0.4 is 9.64 Å². The number of benzene rings is 2. The third-order valence-electron chi connectivity index (χ3n) is 5.11. The number of ether oxygens (including phenoxy) is 1. The van der Waals surface area contributed by atoms with E-state index in [0.29, 0.717) is 6.54 Å². The molecule has 1 amide bonds. The summed E-state index contributed by atoms with van der Waals surface area (Å²) >= 11 is 0. The Hall–Kier alpha value is -3.01. The molecule has 0 saturated carbocycles. The number of para-hydroxylation sites is 1. The van der Waals surface area contributed by atoms with Crippen LogP contribution >= 0.6 is 0 Å². The second-order valence-electron chi connectivity index (χ2n) is 6.72. The number of anilines is 1. The van der Waals surface area contributed by atoms with Crippen LogP contribution in [0.15, 0.2) is 60.7 Å². The maximum atomic E-state index is 13.4. The number of nitrogens with zero attached hydrogens (tertiary/aromatic N) is 2. The van der Waals surface area contributed by atoms with Crippen molar-refractivity contribution >= 4 is 11.6 Å². The summed E-state index contributed by atoms with van der Waals surface area (Å²) in [5.74, 6) is 0.933. The molecule has 4 heteroatoms. The lowest BCUT2D eigenvalue weighted by atomic mass is 10.1. The minimum atomic E-state index is -0.292. The maximum absolute atomic E-state index is 13.4. The van der Waals surface area contributed by atoms with Crippen LogP contribution in [0.4, 0.5) is 5.69 Å². The highest BCUT2D eigenvalue weighted by Gasteiger charge is 2.38. The fourth-order valence-electron chi connectivity index (χ4n) is 3.78. The van der Waals surface area contributed by atoms with Crippen molar-refractivity contribution in [2.24, 2.45) is 0 Å². The number of aromatic nitrogens is 1. The first-order chi connectivity index (χ1) is 12.6. The van der Waals surface area contributed by atoms with Crippen LogP contribution in [-0.4, -0.2) is 17.6 Å². The summed E-state index contributed by atoms with van der Waals surface area (Å²) in [5, 5.41) is 0. The highest BCUT2D eigenvalue weighted by atomic mass is 16.5. The molecule has 0 spiro atoms. The second kappa shape index (κ2) is 6.37. The molecule has 4 nitrogen and oxygen atoms in total. The number of fused-ring (bicyclic) bond motifs is 1. The summed E-state index contributed by atoms with van der Waals surface area (Å²) in [6.45, 7) is 4.65. The first kappa shape index (κ1) is 16.5. The van der Waals surface area contributed by atoms with Gasteiger partial charge in [-0.3, -0.25) is 4.79 Å². The highest BCUT2D eigenvalue weighted by molar-refractivity contribution is 6.04. The first-order valence-electron chi connectivity index (χ1n) is 8.78. The predicted molar refractivity (Wildman–Crippen MR) is 103 cm³/mol. The first-order valence-corrected chi connectivity index (χ1v) is 8.78. The van der Waals surface area contributed by atoms with Gasteiger partial charge in [-0.05, 0) is 49.7 Å². The number of methoxy groups -OCH3 is 1. The van der Waals surface area contributed by atoms with E-state index in [1.54, 1.807) is 7.11 Å². The molecule has 0 saturated heterocycles. The van der Waals surface area contributed by atoms with Crippen molar-refractivity contribution in [2.75, 3.05) is 12.0 Å². The molecule has 4 rings (SSSR count). The molecule has 0 fully saturated rings. The molecule has 0 radical (unpaired) electrons. The van der Waals surface area contributed by atoms with Crippen LogP contribution in [0.5, 0.6) is 5.75 Å². The van der Waals surface area contributed by atoms with Gasteiger partial charge in [0.15, 0.2) is 0 Å². The topological polar surface area (TPSA) is 34.5 Å². The van der Waals surface area contributed by atoms with Gasteiger partial charge in [0.25, 0.3) is 5.91 Å². The molecule has 0 aliphatic carbocycles. The molecular weight excluding hydrogens is 324 g/mol. The lowest BCUT2D eigenvalue weighted by molar-refractivity contribution is -0.120. The van der Waals surface area contributed by atoms with E-state index in [-0.39, 0.29) is 11.9 Å². The number of hydrogen-bond acceptors (Lipinski definition) is 2. The average molecular weight is 346 g/mol. The molecule has 132 valence electrons. The van der Waals surface area contributed by atoms with E-state index in [1.165, 1.54) is 0 Å². The van der Waals surface area contributed by atoms with Gasteiger partial charge in [0.05, 0.1) is 13.7 Å². The van der Waals surface area contributed by atoms with Gasteiger partial charge in [-0.1, -0.05) is 30.3 Å². The van der Waals surface area contributed by atoms with Gasteiger partial charge >= 0.3 is 0 Å². The Morgan fingerprint density at radius 1 is 0.923 bits per heavy atom. The molecule has 3 aromatic rings. The van der Waals surface area contributed by atoms with Gasteiger partial charge in [0, 0.05) is 22.6 Å². The van der Waals surface area contributed by atoms with Crippen molar-refractivity contribution < 1.29 is 9.53 Å². The molecule has 2 heterocycles. The van der Waals surface area contributed by atoms with Crippen LogP contribution in [0.3, 0.4) is 0 Å². The van der Waals surface area contributed by atoms with Crippen LogP contribution in [0.1, 0.15) is 28.6 Å². The van der Waals surface area contributed by atoms with Gasteiger partial charge in [-0.25, -0.2) is 0 Å². The highest BCUT2D eigenvalue weighted by Crippen LogP contribution is 2.40. The summed E-state index contributed by atoms with van der Waals surface area (Å²) in [5.41, 5.74) is 5.33. The average Bonchev–Trinajstić information content (AvgIpc) is 3.12. The van der Waals surface area contributed by atoms with Crippen LogP contribution in [0.25, 0.3) is 0 Å². The maximum Gasteiger partial charge on any atom is 0.255 e. The summed E-state index contributed by atoms with van der Waals surface area (Å²) in [6, 6.07) is 19.8. The SMILES string of the molecule is COc1ccc(CN2C(=O)C(n3c(C)ccc3C)c3ccccc32)cc1. The van der Waals surface area contributed by atoms with Crippen LogP contribution in [-0.2, 0) is 11.3 Å². The van der Waals surface area contributed by atoms with E-state index in [1.807, 2.05) is 47.4 Å². The number of rotatable bonds is 4. The van der Waals surface area contributed by atoms with Crippen molar-refractivity contribution in [2.45, 2.75) is 26.4 Å². The standard InChI is InChI=1S/C22H22N2O2/c1-15-8-9-16(2)24(15)21-19-6-4-5-7-20(19)23(22(21)25)14-17-10-12-18(26-3)13-11-17/h4-13,21H,14H2,1-3H3. The lowest BCUT2D eigenvalue weighted by Crippen LogP contribution is -2.31.